The number of nitrogens with zero attached hydrogens (tertiary/aromatic N) is 3. The number of carbonyl (C=O) groups excluding carboxylic acids is 1. The molecule has 2 bridgehead atoms. The molecule has 160 valence electrons. The highest BCUT2D eigenvalue weighted by Gasteiger charge is 2.41. The van der Waals surface area contributed by atoms with Crippen LogP contribution in [-0.4, -0.2) is 62.2 Å². The molecule has 1 aromatic carbocycles. The first-order valence-electron chi connectivity index (χ1n) is 10.2. The van der Waals surface area contributed by atoms with Crippen molar-refractivity contribution in [1.29, 1.82) is 0 Å². The Morgan fingerprint density at radius 3 is 2.53 bits per heavy atom. The Kier molecular flexibility index (Phi) is 5.69. The zero-order chi connectivity index (χ0) is 21.3. The van der Waals surface area contributed by atoms with Crippen molar-refractivity contribution in [2.75, 3.05) is 30.9 Å². The second kappa shape index (κ2) is 8.26. The summed E-state index contributed by atoms with van der Waals surface area (Å²) in [5.41, 5.74) is 1.12. The normalized spacial score (nSPS) is 21.0. The predicted octanol–water partition coefficient (Wildman–Crippen LogP) is 2.44. The van der Waals surface area contributed by atoms with Gasteiger partial charge in [0, 0.05) is 37.8 Å². The van der Waals surface area contributed by atoms with E-state index in [-0.39, 0.29) is 35.1 Å². The summed E-state index contributed by atoms with van der Waals surface area (Å²) in [4.78, 5) is 21.7. The number of benzene rings is 1. The van der Waals surface area contributed by atoms with Gasteiger partial charge in [-0.25, -0.2) is 13.4 Å². The van der Waals surface area contributed by atoms with Gasteiger partial charge in [0.05, 0.1) is 17.8 Å². The van der Waals surface area contributed by atoms with Gasteiger partial charge in [0.2, 0.25) is 5.91 Å². The number of pyridine rings is 1. The van der Waals surface area contributed by atoms with Gasteiger partial charge in [-0.15, -0.1) is 0 Å². The summed E-state index contributed by atoms with van der Waals surface area (Å²) in [6.07, 6.45) is 3.90. The third-order valence-electron chi connectivity index (χ3n) is 5.98. The Morgan fingerprint density at radius 2 is 1.90 bits per heavy atom. The van der Waals surface area contributed by atoms with E-state index in [0.29, 0.717) is 18.8 Å². The van der Waals surface area contributed by atoms with Crippen LogP contribution in [-0.2, 0) is 14.6 Å². The zero-order valence-corrected chi connectivity index (χ0v) is 18.1. The van der Waals surface area contributed by atoms with Crippen LogP contribution in [0.15, 0.2) is 47.5 Å². The van der Waals surface area contributed by atoms with E-state index in [4.69, 9.17) is 4.74 Å². The zero-order valence-electron chi connectivity index (χ0n) is 17.3. The number of fused-ring (bicyclic) bond motifs is 2. The van der Waals surface area contributed by atoms with Gasteiger partial charge >= 0.3 is 0 Å². The molecule has 0 N–H and O–H groups in total. The lowest BCUT2D eigenvalue weighted by atomic mass is 10.1. The highest BCUT2D eigenvalue weighted by Crippen LogP contribution is 2.34. The number of piperazine rings is 1. The largest absolute Gasteiger partial charge is 0.497 e. The Hall–Kier alpha value is -2.61. The molecule has 7 nitrogen and oxygen atoms in total. The molecule has 0 spiro atoms. The molecule has 0 radical (unpaired) electrons. The van der Waals surface area contributed by atoms with Gasteiger partial charge in [-0.1, -0.05) is 12.1 Å². The Labute approximate surface area is 177 Å². The first-order chi connectivity index (χ1) is 14.4. The van der Waals surface area contributed by atoms with Crippen LogP contribution in [0.25, 0.3) is 0 Å². The van der Waals surface area contributed by atoms with Crippen molar-refractivity contribution in [1.82, 2.24) is 9.88 Å². The van der Waals surface area contributed by atoms with Crippen molar-refractivity contribution in [2.45, 2.75) is 43.2 Å². The molecule has 4 rings (SSSR count). The molecule has 8 heteroatoms. The second-order valence-electron chi connectivity index (χ2n) is 8.03. The lowest BCUT2D eigenvalue weighted by Gasteiger charge is -2.41. The molecule has 1 amide bonds. The van der Waals surface area contributed by atoms with E-state index in [1.165, 1.54) is 19.2 Å². The standard InChI is InChI=1S/C22H27N3O4S/c1-16-6-9-21(23-13-16)25-17-7-8-18(25)15-24(14-17)22(26)10-11-30(27,28)20-5-3-4-19(12-20)29-2/h3-6,9,12-13,17-18H,7-8,10-11,14-15H2,1-2H3. The van der Waals surface area contributed by atoms with Crippen molar-refractivity contribution in [2.24, 2.45) is 0 Å². The Balaban J connectivity index is 1.39. The van der Waals surface area contributed by atoms with E-state index in [1.807, 2.05) is 24.1 Å². The number of aromatic nitrogens is 1. The number of ether oxygens (including phenoxy) is 1. The predicted molar refractivity (Wildman–Crippen MR) is 115 cm³/mol. The molecule has 0 saturated carbocycles. The van der Waals surface area contributed by atoms with Crippen LogP contribution >= 0.6 is 0 Å². The van der Waals surface area contributed by atoms with Gasteiger partial charge in [-0.05, 0) is 49.6 Å². The first-order valence-corrected chi connectivity index (χ1v) is 11.9. The average Bonchev–Trinajstić information content (AvgIpc) is 3.01. The maximum absolute atomic E-state index is 12.8. The number of carbonyl (C=O) groups is 1. The minimum atomic E-state index is -3.54. The van der Waals surface area contributed by atoms with Crippen molar-refractivity contribution in [3.63, 3.8) is 0 Å². The fraction of sp³-hybridized carbons (Fsp3) is 0.455. The number of amides is 1. The van der Waals surface area contributed by atoms with E-state index in [1.54, 1.807) is 12.1 Å². The molecule has 2 saturated heterocycles. The van der Waals surface area contributed by atoms with E-state index in [2.05, 4.69) is 16.0 Å². The van der Waals surface area contributed by atoms with Gasteiger partial charge in [-0.3, -0.25) is 4.79 Å². The highest BCUT2D eigenvalue weighted by atomic mass is 32.2. The van der Waals surface area contributed by atoms with Crippen LogP contribution in [0.3, 0.4) is 0 Å². The summed E-state index contributed by atoms with van der Waals surface area (Å²) in [7, 11) is -2.05. The number of methoxy groups -OCH3 is 1. The molecule has 2 atom stereocenters. The van der Waals surface area contributed by atoms with Gasteiger partial charge in [0.15, 0.2) is 9.84 Å². The van der Waals surface area contributed by atoms with Crippen LogP contribution in [0.5, 0.6) is 5.75 Å². The molecule has 2 unspecified atom stereocenters. The Bertz CT molecular complexity index is 1010. The van der Waals surface area contributed by atoms with E-state index < -0.39 is 9.84 Å². The summed E-state index contributed by atoms with van der Waals surface area (Å²) in [5, 5.41) is 0. The third kappa shape index (κ3) is 4.14. The van der Waals surface area contributed by atoms with Crippen LogP contribution in [0, 0.1) is 6.92 Å². The molecule has 2 aliphatic rings. The number of anilines is 1. The fourth-order valence-electron chi connectivity index (χ4n) is 4.39. The molecule has 1 aromatic heterocycles. The van der Waals surface area contributed by atoms with Gasteiger partial charge in [0.25, 0.3) is 0 Å². The summed E-state index contributed by atoms with van der Waals surface area (Å²) in [5.74, 6) is 1.14. The van der Waals surface area contributed by atoms with Crippen LogP contribution in [0.1, 0.15) is 24.8 Å². The minimum Gasteiger partial charge on any atom is -0.497 e. The average molecular weight is 430 g/mol. The Morgan fingerprint density at radius 1 is 1.17 bits per heavy atom. The smallest absolute Gasteiger partial charge is 0.223 e. The van der Waals surface area contributed by atoms with Gasteiger partial charge in [-0.2, -0.15) is 0 Å². The lowest BCUT2D eigenvalue weighted by molar-refractivity contribution is -0.131. The molecule has 30 heavy (non-hydrogen) atoms. The summed E-state index contributed by atoms with van der Waals surface area (Å²) >= 11 is 0. The van der Waals surface area contributed by atoms with Crippen molar-refractivity contribution in [3.05, 3.63) is 48.2 Å². The monoisotopic (exact) mass is 429 g/mol. The fourth-order valence-corrected chi connectivity index (χ4v) is 5.65. The maximum atomic E-state index is 12.8. The second-order valence-corrected chi connectivity index (χ2v) is 10.1. The van der Waals surface area contributed by atoms with Gasteiger partial charge < -0.3 is 14.5 Å². The van der Waals surface area contributed by atoms with E-state index in [0.717, 1.165) is 24.2 Å². The summed E-state index contributed by atoms with van der Waals surface area (Å²) < 4.78 is 30.4. The minimum absolute atomic E-state index is 0.0121. The van der Waals surface area contributed by atoms with Crippen molar-refractivity contribution in [3.8, 4) is 5.75 Å². The van der Waals surface area contributed by atoms with E-state index in [9.17, 15) is 13.2 Å². The molecule has 2 fully saturated rings. The van der Waals surface area contributed by atoms with Crippen LogP contribution in [0.2, 0.25) is 0 Å². The molecular formula is C22H27N3O4S. The number of likely N-dealkylation sites (tertiary alicyclic amines) is 1. The number of hydrogen-bond acceptors (Lipinski definition) is 6. The SMILES string of the molecule is COc1cccc(S(=O)(=O)CCC(=O)N2CC3CCC(C2)N3c2ccc(C)cn2)c1. The molecule has 2 aromatic rings. The topological polar surface area (TPSA) is 79.8 Å². The molecule has 2 aliphatic heterocycles. The highest BCUT2D eigenvalue weighted by molar-refractivity contribution is 7.91. The molecular weight excluding hydrogens is 402 g/mol. The molecule has 0 aliphatic carbocycles. The number of aryl methyl sites for hydroxylation is 1. The summed E-state index contributed by atoms with van der Waals surface area (Å²) in [6, 6.07) is 10.9. The number of rotatable bonds is 6. The van der Waals surface area contributed by atoms with Crippen molar-refractivity contribution >= 4 is 21.6 Å². The summed E-state index contributed by atoms with van der Waals surface area (Å²) in [6.45, 7) is 3.25. The van der Waals surface area contributed by atoms with Crippen LogP contribution in [0.4, 0.5) is 5.82 Å². The maximum Gasteiger partial charge on any atom is 0.223 e. The van der Waals surface area contributed by atoms with E-state index >= 15 is 0 Å². The number of sulfone groups is 1. The molecule has 3 heterocycles. The quantitative estimate of drug-likeness (QED) is 0.702. The first kappa shape index (κ1) is 20.7. The van der Waals surface area contributed by atoms with Gasteiger partial charge in [0.1, 0.15) is 11.6 Å². The lowest BCUT2D eigenvalue weighted by Crippen LogP contribution is -2.55. The number of hydrogen-bond donors (Lipinski definition) is 0. The van der Waals surface area contributed by atoms with Crippen molar-refractivity contribution < 1.29 is 17.9 Å². The third-order valence-corrected chi connectivity index (χ3v) is 7.69. The van der Waals surface area contributed by atoms with Crippen LogP contribution < -0.4 is 9.64 Å².